The third kappa shape index (κ3) is 5.86. The number of hydrogen-bond acceptors (Lipinski definition) is 5. The Hall–Kier alpha value is -3.78. The van der Waals surface area contributed by atoms with Crippen molar-refractivity contribution in [2.75, 3.05) is 10.8 Å². The first-order chi connectivity index (χ1) is 18.3. The molecule has 0 unspecified atom stereocenters. The summed E-state index contributed by atoms with van der Waals surface area (Å²) in [5.41, 5.74) is 2.23. The lowest BCUT2D eigenvalue weighted by Crippen LogP contribution is -2.37. The Morgan fingerprint density at radius 1 is 0.763 bits per heavy atom. The molecular formula is C30H32N2O5S. The normalized spacial score (nSPS) is 13.0. The number of sulfonamides is 1. The maximum Gasteiger partial charge on any atom is 0.270 e. The number of nitrogens with zero attached hydrogens (tertiary/aromatic N) is 2. The second-order valence-corrected chi connectivity index (χ2v) is 11.2. The van der Waals surface area contributed by atoms with Crippen LogP contribution >= 0.6 is 0 Å². The lowest BCUT2D eigenvalue weighted by Gasteiger charge is -2.23. The summed E-state index contributed by atoms with van der Waals surface area (Å²) in [6, 6.07) is 21.8. The van der Waals surface area contributed by atoms with Gasteiger partial charge in [-0.1, -0.05) is 62.2 Å². The van der Waals surface area contributed by atoms with Crippen molar-refractivity contribution in [3.63, 3.8) is 0 Å². The predicted octanol–water partition coefficient (Wildman–Crippen LogP) is 5.61. The highest BCUT2D eigenvalue weighted by atomic mass is 32.2. The molecule has 8 heteroatoms. The van der Waals surface area contributed by atoms with Crippen LogP contribution in [-0.4, -0.2) is 37.6 Å². The molecule has 38 heavy (non-hydrogen) atoms. The number of carbonyl (C=O) groups excluding carboxylic acids is 3. The molecule has 0 radical (unpaired) electrons. The van der Waals surface area contributed by atoms with Gasteiger partial charge < -0.3 is 0 Å². The van der Waals surface area contributed by atoms with E-state index in [-0.39, 0.29) is 29.7 Å². The van der Waals surface area contributed by atoms with Gasteiger partial charge in [-0.3, -0.25) is 19.3 Å². The largest absolute Gasteiger partial charge is 0.274 e. The molecule has 3 amide bonds. The number of anilines is 1. The molecule has 4 rings (SSSR count). The minimum Gasteiger partial charge on any atom is -0.274 e. The minimum absolute atomic E-state index is 0.0196. The zero-order chi connectivity index (χ0) is 27.1. The monoisotopic (exact) mass is 532 g/mol. The second kappa shape index (κ2) is 12.2. The standard InChI is InChI=1S/C30H32N2O5S/c1-2-3-12-23-18-20-24(21-19-23)32(38(36,37)25-13-6-4-7-14-25)28(33)17-8-5-11-22-31-29(34)26-15-9-10-16-27(26)30(31)35/h4,6-7,9-10,13-16,18-21H,2-3,5,8,11-12,17,22H2,1H3. The van der Waals surface area contributed by atoms with E-state index in [1.54, 1.807) is 54.6 Å². The van der Waals surface area contributed by atoms with Crippen molar-refractivity contribution in [3.05, 3.63) is 95.6 Å². The van der Waals surface area contributed by atoms with Gasteiger partial charge in [-0.15, -0.1) is 0 Å². The van der Waals surface area contributed by atoms with Crippen LogP contribution < -0.4 is 4.31 Å². The zero-order valence-corrected chi connectivity index (χ0v) is 22.3. The second-order valence-electron chi connectivity index (χ2n) is 9.36. The van der Waals surface area contributed by atoms with Crippen molar-refractivity contribution in [1.82, 2.24) is 4.90 Å². The van der Waals surface area contributed by atoms with E-state index in [9.17, 15) is 22.8 Å². The van der Waals surface area contributed by atoms with Crippen LogP contribution in [0.3, 0.4) is 0 Å². The SMILES string of the molecule is CCCCc1ccc(N(C(=O)CCCCCN2C(=O)c3ccccc3C2=O)S(=O)(=O)c2ccccc2)cc1. The molecule has 0 atom stereocenters. The summed E-state index contributed by atoms with van der Waals surface area (Å²) in [5.74, 6) is -1.12. The zero-order valence-electron chi connectivity index (χ0n) is 21.5. The Bertz CT molecular complexity index is 1370. The summed E-state index contributed by atoms with van der Waals surface area (Å²) in [6.07, 6.45) is 4.52. The smallest absolute Gasteiger partial charge is 0.270 e. The number of amides is 3. The lowest BCUT2D eigenvalue weighted by atomic mass is 10.1. The number of benzene rings is 3. The van der Waals surface area contributed by atoms with Crippen molar-refractivity contribution in [2.24, 2.45) is 0 Å². The van der Waals surface area contributed by atoms with Crippen molar-refractivity contribution in [2.45, 2.75) is 56.8 Å². The van der Waals surface area contributed by atoms with Crippen LogP contribution in [0.5, 0.6) is 0 Å². The first-order valence-electron chi connectivity index (χ1n) is 13.0. The molecule has 0 spiro atoms. The van der Waals surface area contributed by atoms with Gasteiger partial charge in [-0.2, -0.15) is 0 Å². The van der Waals surface area contributed by atoms with Gasteiger partial charge in [-0.25, -0.2) is 12.7 Å². The Balaban J connectivity index is 1.41. The summed E-state index contributed by atoms with van der Waals surface area (Å²) in [6.45, 7) is 2.37. The third-order valence-electron chi connectivity index (χ3n) is 6.65. The highest BCUT2D eigenvalue weighted by molar-refractivity contribution is 7.93. The molecule has 3 aromatic rings. The fourth-order valence-electron chi connectivity index (χ4n) is 4.56. The summed E-state index contributed by atoms with van der Waals surface area (Å²) in [4.78, 5) is 39.7. The van der Waals surface area contributed by atoms with Gasteiger partial charge in [0.25, 0.3) is 21.8 Å². The fraction of sp³-hybridized carbons (Fsp3) is 0.300. The van der Waals surface area contributed by atoms with Crippen molar-refractivity contribution in [3.8, 4) is 0 Å². The molecule has 0 saturated heterocycles. The molecule has 0 N–H and O–H groups in total. The van der Waals surface area contributed by atoms with Crippen LogP contribution in [0.1, 0.15) is 71.7 Å². The first kappa shape index (κ1) is 27.3. The molecule has 3 aromatic carbocycles. The molecule has 0 fully saturated rings. The molecular weight excluding hydrogens is 500 g/mol. The highest BCUT2D eigenvalue weighted by Gasteiger charge is 2.34. The van der Waals surface area contributed by atoms with Crippen LogP contribution in [0.4, 0.5) is 5.69 Å². The topological polar surface area (TPSA) is 91.8 Å². The van der Waals surface area contributed by atoms with E-state index in [1.807, 2.05) is 12.1 Å². The Labute approximate surface area is 224 Å². The van der Waals surface area contributed by atoms with E-state index in [4.69, 9.17) is 0 Å². The van der Waals surface area contributed by atoms with Gasteiger partial charge in [0.05, 0.1) is 21.7 Å². The van der Waals surface area contributed by atoms with E-state index in [2.05, 4.69) is 6.92 Å². The average Bonchev–Trinajstić information content (AvgIpc) is 3.18. The van der Waals surface area contributed by atoms with Gasteiger partial charge in [0.2, 0.25) is 5.91 Å². The molecule has 1 heterocycles. The quantitative estimate of drug-likeness (QED) is 0.223. The van der Waals surface area contributed by atoms with E-state index in [1.165, 1.54) is 17.0 Å². The van der Waals surface area contributed by atoms with Gasteiger partial charge in [-0.05, 0) is 67.6 Å². The molecule has 198 valence electrons. The maximum atomic E-state index is 13.5. The Kier molecular flexibility index (Phi) is 8.73. The third-order valence-corrected chi connectivity index (χ3v) is 8.41. The van der Waals surface area contributed by atoms with Crippen LogP contribution in [0.2, 0.25) is 0 Å². The summed E-state index contributed by atoms with van der Waals surface area (Å²) >= 11 is 0. The summed E-state index contributed by atoms with van der Waals surface area (Å²) in [5, 5.41) is 0. The van der Waals surface area contributed by atoms with Gasteiger partial charge >= 0.3 is 0 Å². The maximum absolute atomic E-state index is 13.5. The lowest BCUT2D eigenvalue weighted by molar-refractivity contribution is -0.117. The van der Waals surface area contributed by atoms with Gasteiger partial charge in [0, 0.05) is 13.0 Å². The fourth-order valence-corrected chi connectivity index (χ4v) is 6.03. The van der Waals surface area contributed by atoms with Crippen molar-refractivity contribution >= 4 is 33.4 Å². The Morgan fingerprint density at radius 3 is 1.97 bits per heavy atom. The number of hydrogen-bond donors (Lipinski definition) is 0. The number of aryl methyl sites for hydroxylation is 1. The number of carbonyl (C=O) groups is 3. The van der Waals surface area contributed by atoms with E-state index in [0.29, 0.717) is 36.1 Å². The molecule has 7 nitrogen and oxygen atoms in total. The summed E-state index contributed by atoms with van der Waals surface area (Å²) < 4.78 is 27.9. The van der Waals surface area contributed by atoms with Crippen LogP contribution in [-0.2, 0) is 21.2 Å². The number of imide groups is 1. The molecule has 1 aliphatic heterocycles. The molecule has 0 saturated carbocycles. The summed E-state index contributed by atoms with van der Waals surface area (Å²) in [7, 11) is -4.10. The number of unbranched alkanes of at least 4 members (excludes halogenated alkanes) is 3. The van der Waals surface area contributed by atoms with Crippen LogP contribution in [0, 0.1) is 0 Å². The predicted molar refractivity (Wildman–Crippen MR) is 146 cm³/mol. The van der Waals surface area contributed by atoms with Gasteiger partial charge in [0.1, 0.15) is 0 Å². The van der Waals surface area contributed by atoms with Crippen molar-refractivity contribution in [1.29, 1.82) is 0 Å². The van der Waals surface area contributed by atoms with E-state index >= 15 is 0 Å². The number of rotatable bonds is 12. The minimum atomic E-state index is -4.10. The highest BCUT2D eigenvalue weighted by Crippen LogP contribution is 2.27. The first-order valence-corrected chi connectivity index (χ1v) is 14.5. The molecule has 0 aliphatic carbocycles. The molecule has 0 aromatic heterocycles. The van der Waals surface area contributed by atoms with Gasteiger partial charge in [0.15, 0.2) is 0 Å². The molecule has 1 aliphatic rings. The van der Waals surface area contributed by atoms with E-state index in [0.717, 1.165) is 29.1 Å². The average molecular weight is 533 g/mol. The van der Waals surface area contributed by atoms with Crippen LogP contribution in [0.15, 0.2) is 83.8 Å². The number of fused-ring (bicyclic) bond motifs is 1. The van der Waals surface area contributed by atoms with Crippen molar-refractivity contribution < 1.29 is 22.8 Å². The van der Waals surface area contributed by atoms with E-state index < -0.39 is 15.9 Å². The van der Waals surface area contributed by atoms with Crippen LogP contribution in [0.25, 0.3) is 0 Å². The Morgan fingerprint density at radius 2 is 1.37 bits per heavy atom. The molecule has 0 bridgehead atoms.